The highest BCUT2D eigenvalue weighted by molar-refractivity contribution is 9.10. The molecule has 4 rings (SSSR count). The first-order valence-electron chi connectivity index (χ1n) is 9.67. The van der Waals surface area contributed by atoms with Gasteiger partial charge in [0.25, 0.3) is 5.92 Å². The molecule has 2 aliphatic rings. The minimum Gasteiger partial charge on any atom is -0.497 e. The van der Waals surface area contributed by atoms with Crippen LogP contribution in [0.5, 0.6) is 5.75 Å². The molecule has 2 aromatic carbocycles. The molecule has 0 aromatic heterocycles. The molecule has 32 heavy (non-hydrogen) atoms. The van der Waals surface area contributed by atoms with Gasteiger partial charge in [0.05, 0.1) is 25.7 Å². The zero-order chi connectivity index (χ0) is 23.3. The second-order valence-electron chi connectivity index (χ2n) is 7.78. The van der Waals surface area contributed by atoms with Crippen LogP contribution in [0.15, 0.2) is 51.9 Å². The van der Waals surface area contributed by atoms with E-state index in [1.54, 1.807) is 19.2 Å². The maximum atomic E-state index is 15.3. The quantitative estimate of drug-likeness (QED) is 0.560. The van der Waals surface area contributed by atoms with Crippen molar-refractivity contribution in [2.24, 2.45) is 10.9 Å². The third-order valence-corrected chi connectivity index (χ3v) is 7.82. The fraction of sp³-hybridized carbons (Fsp3) is 0.364. The van der Waals surface area contributed by atoms with E-state index in [9.17, 15) is 9.18 Å². The minimum atomic E-state index is -3.44. The van der Waals surface area contributed by atoms with Gasteiger partial charge in [0.1, 0.15) is 11.6 Å². The third kappa shape index (κ3) is 3.39. The topological polar surface area (TPSA) is 59.9 Å². The fourth-order valence-electron chi connectivity index (χ4n) is 4.25. The maximum Gasteiger partial charge on any atom is 0.329 e. The SMILES string of the molecule is COC(=O)[C@@]12SC(NCc3ccc(OC)cc3)=N[C@](C)(c3cc(Br)ccc3F)[C@@H]1C2(F)F. The predicted octanol–water partition coefficient (Wildman–Crippen LogP) is 4.88. The first-order chi connectivity index (χ1) is 15.1. The molecule has 0 spiro atoms. The molecule has 0 unspecified atom stereocenters. The van der Waals surface area contributed by atoms with E-state index in [0.29, 0.717) is 22.0 Å². The van der Waals surface area contributed by atoms with Crippen LogP contribution in [-0.4, -0.2) is 36.0 Å². The van der Waals surface area contributed by atoms with Gasteiger partial charge < -0.3 is 14.8 Å². The summed E-state index contributed by atoms with van der Waals surface area (Å²) in [4.78, 5) is 17.1. The molecule has 170 valence electrons. The Hall–Kier alpha value is -2.20. The molecule has 5 nitrogen and oxygen atoms in total. The van der Waals surface area contributed by atoms with Crippen LogP contribution in [0, 0.1) is 11.7 Å². The minimum absolute atomic E-state index is 0.0219. The van der Waals surface area contributed by atoms with Crippen LogP contribution in [0.1, 0.15) is 18.1 Å². The Kier molecular flexibility index (Phi) is 5.73. The summed E-state index contributed by atoms with van der Waals surface area (Å²) in [5.74, 6) is -6.06. The lowest BCUT2D eigenvalue weighted by atomic mass is 9.85. The van der Waals surface area contributed by atoms with Crippen molar-refractivity contribution in [2.45, 2.75) is 29.7 Å². The van der Waals surface area contributed by atoms with Crippen LogP contribution < -0.4 is 10.1 Å². The number of nitrogens with one attached hydrogen (secondary N) is 1. The second kappa shape index (κ2) is 7.98. The summed E-state index contributed by atoms with van der Waals surface area (Å²) in [5, 5.41) is 3.14. The smallest absolute Gasteiger partial charge is 0.329 e. The van der Waals surface area contributed by atoms with Crippen molar-refractivity contribution >= 4 is 38.8 Å². The average molecular weight is 529 g/mol. The van der Waals surface area contributed by atoms with Crippen LogP contribution in [-0.2, 0) is 21.6 Å². The molecule has 0 saturated heterocycles. The first kappa shape index (κ1) is 23.0. The average Bonchev–Trinajstić information content (AvgIpc) is 3.30. The summed E-state index contributed by atoms with van der Waals surface area (Å²) < 4.78 is 53.5. The number of carbonyl (C=O) groups excluding carboxylic acids is 1. The molecule has 1 saturated carbocycles. The van der Waals surface area contributed by atoms with E-state index in [0.717, 1.165) is 12.7 Å². The van der Waals surface area contributed by atoms with Gasteiger partial charge >= 0.3 is 5.97 Å². The van der Waals surface area contributed by atoms with Crippen molar-refractivity contribution in [1.29, 1.82) is 0 Å². The highest BCUT2D eigenvalue weighted by Crippen LogP contribution is 2.75. The highest BCUT2D eigenvalue weighted by Gasteiger charge is 2.92. The molecule has 0 amide bonds. The van der Waals surface area contributed by atoms with Gasteiger partial charge in [0, 0.05) is 16.6 Å². The van der Waals surface area contributed by atoms with Crippen molar-refractivity contribution in [3.05, 3.63) is 63.9 Å². The monoisotopic (exact) mass is 528 g/mol. The summed E-state index contributed by atoms with van der Waals surface area (Å²) in [5.41, 5.74) is -0.869. The van der Waals surface area contributed by atoms with Crippen molar-refractivity contribution in [2.75, 3.05) is 14.2 Å². The van der Waals surface area contributed by atoms with Gasteiger partial charge in [-0.05, 0) is 42.8 Å². The van der Waals surface area contributed by atoms with Gasteiger partial charge in [-0.3, -0.25) is 9.79 Å². The standard InChI is InChI=1S/C22H20BrF3N2O3S/c1-20(15-10-13(23)6-9-16(15)24)17-21(18(29)31-3,22(17,25)26)32-19(28-20)27-11-12-4-7-14(30-2)8-5-12/h4-10,17H,11H2,1-3H3,(H,27,28)/t17-,20+,21-/m0/s1. The van der Waals surface area contributed by atoms with Crippen molar-refractivity contribution in [1.82, 2.24) is 5.32 Å². The van der Waals surface area contributed by atoms with Gasteiger partial charge in [0.15, 0.2) is 9.91 Å². The van der Waals surface area contributed by atoms with Gasteiger partial charge in [-0.15, -0.1) is 0 Å². The number of halogens is 4. The van der Waals surface area contributed by atoms with E-state index < -0.39 is 33.9 Å². The van der Waals surface area contributed by atoms with Gasteiger partial charge in [-0.1, -0.05) is 39.8 Å². The summed E-state index contributed by atoms with van der Waals surface area (Å²) in [6.07, 6.45) is 0. The number of methoxy groups -OCH3 is 2. The Morgan fingerprint density at radius 3 is 2.53 bits per heavy atom. The Balaban J connectivity index is 1.74. The molecule has 0 bridgehead atoms. The lowest BCUT2D eigenvalue weighted by Gasteiger charge is -2.33. The summed E-state index contributed by atoms with van der Waals surface area (Å²) >= 11 is 3.90. The number of ether oxygens (including phenoxy) is 2. The van der Waals surface area contributed by atoms with Crippen LogP contribution in [0.3, 0.4) is 0 Å². The van der Waals surface area contributed by atoms with E-state index in [4.69, 9.17) is 9.47 Å². The van der Waals surface area contributed by atoms with Crippen LogP contribution in [0.2, 0.25) is 0 Å². The molecule has 1 heterocycles. The number of thioether (sulfide) groups is 1. The summed E-state index contributed by atoms with van der Waals surface area (Å²) in [6.45, 7) is 1.69. The molecule has 1 aliphatic carbocycles. The second-order valence-corrected chi connectivity index (χ2v) is 9.93. The molecule has 10 heteroatoms. The number of amidine groups is 1. The zero-order valence-corrected chi connectivity index (χ0v) is 19.8. The number of hydrogen-bond acceptors (Lipinski definition) is 6. The number of aliphatic imine (C=N–C) groups is 1. The Morgan fingerprint density at radius 2 is 1.91 bits per heavy atom. The number of carbonyl (C=O) groups is 1. The molecular weight excluding hydrogens is 509 g/mol. The van der Waals surface area contributed by atoms with E-state index >= 15 is 8.78 Å². The van der Waals surface area contributed by atoms with Gasteiger partial charge in [0.2, 0.25) is 0 Å². The van der Waals surface area contributed by atoms with Crippen LogP contribution in [0.4, 0.5) is 13.2 Å². The molecule has 1 N–H and O–H groups in total. The van der Waals surface area contributed by atoms with Crippen LogP contribution >= 0.6 is 27.7 Å². The number of esters is 1. The van der Waals surface area contributed by atoms with E-state index in [1.807, 2.05) is 12.1 Å². The molecule has 0 radical (unpaired) electrons. The lowest BCUT2D eigenvalue weighted by Crippen LogP contribution is -2.41. The Labute approximate surface area is 195 Å². The van der Waals surface area contributed by atoms with E-state index in [-0.39, 0.29) is 17.3 Å². The molecule has 1 fully saturated rings. The first-order valence-corrected chi connectivity index (χ1v) is 11.3. The predicted molar refractivity (Wildman–Crippen MR) is 119 cm³/mol. The number of fused-ring (bicyclic) bond motifs is 1. The number of nitrogens with zero attached hydrogens (tertiary/aromatic N) is 1. The Bertz CT molecular complexity index is 1100. The van der Waals surface area contributed by atoms with Crippen molar-refractivity contribution < 1.29 is 27.4 Å². The molecule has 1 aliphatic heterocycles. The maximum absolute atomic E-state index is 15.3. The third-order valence-electron chi connectivity index (χ3n) is 5.90. The highest BCUT2D eigenvalue weighted by atomic mass is 79.9. The van der Waals surface area contributed by atoms with Crippen molar-refractivity contribution in [3.63, 3.8) is 0 Å². The normalized spacial score (nSPS) is 27.7. The van der Waals surface area contributed by atoms with Gasteiger partial charge in [-0.2, -0.15) is 0 Å². The van der Waals surface area contributed by atoms with E-state index in [1.165, 1.54) is 25.1 Å². The Morgan fingerprint density at radius 1 is 1.22 bits per heavy atom. The molecule has 3 atom stereocenters. The van der Waals surface area contributed by atoms with Crippen molar-refractivity contribution in [3.8, 4) is 5.75 Å². The van der Waals surface area contributed by atoms with Crippen LogP contribution in [0.25, 0.3) is 0 Å². The number of hydrogen-bond donors (Lipinski definition) is 1. The van der Waals surface area contributed by atoms with E-state index in [2.05, 4.69) is 26.2 Å². The number of alkyl halides is 2. The molecule has 2 aromatic rings. The number of rotatable bonds is 5. The summed E-state index contributed by atoms with van der Waals surface area (Å²) in [7, 11) is 2.62. The largest absolute Gasteiger partial charge is 0.497 e. The summed E-state index contributed by atoms with van der Waals surface area (Å²) in [6, 6.07) is 11.3. The fourth-order valence-corrected chi connectivity index (χ4v) is 6.16. The van der Waals surface area contributed by atoms with Gasteiger partial charge in [-0.25, -0.2) is 13.2 Å². The number of benzene rings is 2. The lowest BCUT2D eigenvalue weighted by molar-refractivity contribution is -0.143. The molecular formula is C22H20BrF3N2O3S. The zero-order valence-electron chi connectivity index (χ0n) is 17.4.